The van der Waals surface area contributed by atoms with Crippen molar-refractivity contribution in [2.24, 2.45) is 22.7 Å². The van der Waals surface area contributed by atoms with Crippen molar-refractivity contribution in [1.29, 1.82) is 0 Å². The number of ketones is 3. The van der Waals surface area contributed by atoms with Gasteiger partial charge in [-0.2, -0.15) is 0 Å². The summed E-state index contributed by atoms with van der Waals surface area (Å²) in [6.07, 6.45) is -3.71. The van der Waals surface area contributed by atoms with Crippen LogP contribution in [-0.2, 0) is 56.1 Å². The quantitative estimate of drug-likeness (QED) is 0.0276. The first-order valence-corrected chi connectivity index (χ1v) is 42.8. The van der Waals surface area contributed by atoms with Crippen LogP contribution in [0.3, 0.4) is 0 Å². The molecule has 4 unspecified atom stereocenters. The first-order chi connectivity index (χ1) is 62.3. The molecule has 21 nitrogen and oxygen atoms in total. The third kappa shape index (κ3) is 20.0. The number of pyridine rings is 3. The number of carbonyl (C=O) groups is 5. The maximum absolute atomic E-state index is 15.3. The standard InChI is InChI=1S/C28H30F3NO5.C26H21F2NO4.C24H34N2O3.C24H28N2O3/c1-4-26(2,3)24-10-17-9-16(20(29)13-21(17)32(24)14-19(34)15-33)11-25(35)27(7-8-27)18-5-6-22-23(12-18)37-28(30,31)36-22;1-15-6-8-20(29-24(15)18-5-3-4-17(12-18)16(2)30)14-23(31)25(10-11-25)19-7-9-21-22(13-19)33-26(27,28)32-21;2*1-23(2,3)16-11-17(24(4,5)6)20(27)12-19(16)26-22(29)15-13-25-18-10-8-7-9-14(18)21(15)28/h5-6,9-10,12-13,19,33-34H,4,7-8,11,14-15H2,1-3H3;3-9,12-13H,10-11,14H2,1-2H3;7-10,13,16-17,19-20,27H,11-12H2,1-6H3,(H,25,28)(H,26,29);7-13,27H,1-6H3,(H,25,28)(H,26,29)/t19-;;;/m1.../s1/i;;4D3,5D3;. The number of aromatic amines is 2. The zero-order chi connectivity index (χ0) is 98.3. The Hall–Kier alpha value is -11.9. The fourth-order valence-electron chi connectivity index (χ4n) is 17.3. The summed E-state index contributed by atoms with van der Waals surface area (Å²) >= 11 is 0. The number of hydrogen-bond acceptors (Lipinski definition) is 16. The monoisotopic (exact) mass is 1760 g/mol. The van der Waals surface area contributed by atoms with Gasteiger partial charge in [-0.1, -0.05) is 164 Å². The normalized spacial score (nSPS) is 19.1. The molecule has 3 saturated carbocycles. The predicted octanol–water partition coefficient (Wildman–Crippen LogP) is 19.6. The Kier molecular flexibility index (Phi) is 23.6. The number of nitrogens with zero attached hydrogens (tertiary/aromatic N) is 2. The van der Waals surface area contributed by atoms with Gasteiger partial charge in [0.15, 0.2) is 28.8 Å². The van der Waals surface area contributed by atoms with Gasteiger partial charge in [-0.15, -0.1) is 17.6 Å². The van der Waals surface area contributed by atoms with Gasteiger partial charge in [0, 0.05) is 106 Å². The van der Waals surface area contributed by atoms with Gasteiger partial charge in [0.2, 0.25) is 10.9 Å². The highest BCUT2D eigenvalue weighted by atomic mass is 19.3. The maximum atomic E-state index is 15.3. The Morgan fingerprint density at radius 2 is 1.16 bits per heavy atom. The second-order valence-corrected chi connectivity index (χ2v) is 38.3. The number of anilines is 1. The Morgan fingerprint density at radius 1 is 0.625 bits per heavy atom. The van der Waals surface area contributed by atoms with Crippen molar-refractivity contribution >= 4 is 67.6 Å². The van der Waals surface area contributed by atoms with E-state index < -0.39 is 102 Å². The minimum Gasteiger partial charge on any atom is -0.508 e. The third-order valence-electron chi connectivity index (χ3n) is 25.3. The van der Waals surface area contributed by atoms with Crippen molar-refractivity contribution < 1.29 is 93.5 Å². The molecule has 0 spiro atoms. The van der Waals surface area contributed by atoms with Gasteiger partial charge < -0.3 is 64.5 Å². The van der Waals surface area contributed by atoms with Gasteiger partial charge >= 0.3 is 12.6 Å². The number of fused-ring (bicyclic) bond motifs is 5. The molecule has 2 amide bonds. The zero-order valence-corrected chi connectivity index (χ0v) is 74.3. The molecule has 5 atom stereocenters. The molecule has 5 aliphatic rings. The Labute approximate surface area is 748 Å². The zero-order valence-electron chi connectivity index (χ0n) is 80.3. The molecule has 3 aliphatic carbocycles. The number of nitrogens with one attached hydrogen (secondary N) is 4. The number of ether oxygens (including phenoxy) is 4. The number of para-hydroxylation sites is 2. The maximum Gasteiger partial charge on any atom is 0.586 e. The average molecular weight is 1760 g/mol. The minimum absolute atomic E-state index is 0.0204. The number of phenolic OH excluding ortho intramolecular Hbond substituents is 1. The first-order valence-electron chi connectivity index (χ1n) is 45.8. The summed E-state index contributed by atoms with van der Waals surface area (Å²) in [7, 11) is 0. The molecule has 11 aromatic rings. The predicted molar refractivity (Wildman–Crippen MR) is 482 cm³/mol. The van der Waals surface area contributed by atoms with Crippen LogP contribution < -0.4 is 40.4 Å². The highest BCUT2D eigenvalue weighted by Gasteiger charge is 2.55. The first kappa shape index (κ1) is 85.6. The fraction of sp³-hybridized carbons (Fsp3) is 0.412. The molecular weight excluding hydrogens is 1640 g/mol. The molecule has 7 aromatic carbocycles. The summed E-state index contributed by atoms with van der Waals surface area (Å²) in [5, 5.41) is 48.4. The number of carbonyl (C=O) groups excluding carboxylic acids is 5. The van der Waals surface area contributed by atoms with Crippen molar-refractivity contribution in [3.8, 4) is 40.0 Å². The number of aliphatic hydroxyl groups is 3. The van der Waals surface area contributed by atoms with Crippen LogP contribution in [0, 0.1) is 35.4 Å². The molecule has 676 valence electrons. The van der Waals surface area contributed by atoms with Gasteiger partial charge in [-0.25, -0.2) is 4.39 Å². The summed E-state index contributed by atoms with van der Waals surface area (Å²) in [5.74, 6) is -3.46. The Bertz CT molecular complexity index is 6520. The lowest BCUT2D eigenvalue weighted by Gasteiger charge is -2.49. The number of H-pyrrole nitrogens is 2. The van der Waals surface area contributed by atoms with Gasteiger partial charge in [-0.3, -0.25) is 38.5 Å². The van der Waals surface area contributed by atoms with Crippen molar-refractivity contribution in [2.75, 3.05) is 11.9 Å². The Balaban J connectivity index is 0.000000152. The van der Waals surface area contributed by atoms with Gasteiger partial charge in [0.05, 0.1) is 47.4 Å². The van der Waals surface area contributed by atoms with Crippen LogP contribution in [0.5, 0.6) is 28.7 Å². The molecule has 6 heterocycles. The van der Waals surface area contributed by atoms with Crippen molar-refractivity contribution in [3.63, 3.8) is 0 Å². The number of halogens is 5. The van der Waals surface area contributed by atoms with Gasteiger partial charge in [0.1, 0.15) is 34.3 Å². The van der Waals surface area contributed by atoms with Crippen LogP contribution in [0.2, 0.25) is 0 Å². The van der Waals surface area contributed by atoms with E-state index in [-0.39, 0.29) is 123 Å². The molecule has 0 saturated heterocycles. The van der Waals surface area contributed by atoms with Crippen LogP contribution >= 0.6 is 0 Å². The molecule has 8 N–H and O–H groups in total. The summed E-state index contributed by atoms with van der Waals surface area (Å²) in [6, 6.07) is 41.7. The summed E-state index contributed by atoms with van der Waals surface area (Å²) in [6.45, 7) is 22.8. The number of aromatic hydroxyl groups is 1. The SMILES string of the molecule is CC(=O)c1cccc(-c2nc(CC(=O)C3(c4ccc5c(c4)OC(F)(F)O5)CC3)ccc2C)c1.CC(C)(C)c1cc(C(C)(C)C)c(NC(=O)c2c[nH]c3ccccc3c2=O)cc1O.CCC(C)(C)c1cc2cc(CC(=O)C3(c4ccc5c(c4)OC(F)(F)O5)CC3)c(F)cc2n1C[C@@H](O)CO.[2H]C([2H])([2H])C(C)(C1CC(C(C)(C)C)C(NC(=O)c2c[nH]c3ccccc3c2=O)CC1O)C([2H])([2H])[2H]. The van der Waals surface area contributed by atoms with Gasteiger partial charge in [-0.05, 0) is 211 Å². The molecular formula is C102H113F5N6O15. The summed E-state index contributed by atoms with van der Waals surface area (Å²) in [5.41, 5.74) is 4.34. The molecule has 26 heteroatoms. The number of aryl methyl sites for hydroxylation is 1. The summed E-state index contributed by atoms with van der Waals surface area (Å²) in [4.78, 5) is 101. The molecule has 16 rings (SSSR count). The van der Waals surface area contributed by atoms with Crippen LogP contribution in [0.1, 0.15) is 240 Å². The number of rotatable bonds is 19. The number of benzene rings is 7. The van der Waals surface area contributed by atoms with E-state index in [0.717, 1.165) is 45.4 Å². The van der Waals surface area contributed by atoms with Crippen LogP contribution in [0.4, 0.5) is 27.6 Å². The fourth-order valence-corrected chi connectivity index (χ4v) is 17.3. The van der Waals surface area contributed by atoms with Crippen LogP contribution in [-0.4, -0.2) is 107 Å². The smallest absolute Gasteiger partial charge is 0.508 e. The largest absolute Gasteiger partial charge is 0.586 e. The molecule has 128 heavy (non-hydrogen) atoms. The molecule has 0 radical (unpaired) electrons. The van der Waals surface area contributed by atoms with E-state index in [9.17, 15) is 71.5 Å². The van der Waals surface area contributed by atoms with E-state index >= 15 is 4.39 Å². The minimum atomic E-state index is -3.74. The van der Waals surface area contributed by atoms with E-state index in [1.165, 1.54) is 56.6 Å². The van der Waals surface area contributed by atoms with Crippen LogP contribution in [0.25, 0.3) is 44.0 Å². The third-order valence-corrected chi connectivity index (χ3v) is 25.3. The number of hydrogen-bond donors (Lipinski definition) is 8. The average Bonchev–Trinajstić information content (AvgIpc) is 1.62. The molecule has 2 aliphatic heterocycles. The van der Waals surface area contributed by atoms with Gasteiger partial charge in [0.25, 0.3) is 11.8 Å². The van der Waals surface area contributed by atoms with Crippen LogP contribution in [0.15, 0.2) is 174 Å². The lowest BCUT2D eigenvalue weighted by molar-refractivity contribution is -0.287. The molecule has 3 fully saturated rings. The molecule has 0 bridgehead atoms. The van der Waals surface area contributed by atoms with E-state index in [1.807, 2.05) is 123 Å². The second kappa shape index (κ2) is 35.3. The van der Waals surface area contributed by atoms with E-state index in [4.69, 9.17) is 13.2 Å². The number of amides is 2. The van der Waals surface area contributed by atoms with E-state index in [2.05, 4.69) is 53.4 Å². The van der Waals surface area contributed by atoms with Crippen molar-refractivity contribution in [1.82, 2.24) is 24.8 Å². The van der Waals surface area contributed by atoms with E-state index in [0.29, 0.717) is 81.1 Å². The number of aliphatic hydroxyl groups excluding tert-OH is 3. The topological polar surface area (TPSA) is 311 Å². The molecule has 4 aromatic heterocycles. The lowest BCUT2D eigenvalue weighted by Crippen LogP contribution is -2.54. The summed E-state index contributed by atoms with van der Waals surface area (Å²) < 4.78 is 137. The Morgan fingerprint density at radius 3 is 1.68 bits per heavy atom. The highest BCUT2D eigenvalue weighted by Crippen LogP contribution is 2.55. The van der Waals surface area contributed by atoms with Crippen molar-refractivity contribution in [3.05, 3.63) is 252 Å². The lowest BCUT2D eigenvalue weighted by atomic mass is 9.60. The number of alkyl halides is 4. The second-order valence-electron chi connectivity index (χ2n) is 38.3. The van der Waals surface area contributed by atoms with Crippen molar-refractivity contribution in [2.45, 2.75) is 240 Å². The highest BCUT2D eigenvalue weighted by molar-refractivity contribution is 6.06. The number of phenols is 1. The van der Waals surface area contributed by atoms with E-state index in [1.54, 1.807) is 78.9 Å². The number of aromatic nitrogens is 4. The number of Topliss-reactive ketones (excluding diaryl/α,β-unsaturated/α-hetero) is 3.